The van der Waals surface area contributed by atoms with Crippen LogP contribution < -0.4 is 5.32 Å². The fraction of sp³-hybridized carbons (Fsp3) is 0.407. The van der Waals surface area contributed by atoms with E-state index in [0.29, 0.717) is 22.9 Å². The third-order valence-corrected chi connectivity index (χ3v) is 6.50. The first-order chi connectivity index (χ1) is 15.2. The van der Waals surface area contributed by atoms with Gasteiger partial charge in [0, 0.05) is 28.9 Å². The molecule has 1 aliphatic carbocycles. The Kier molecular flexibility index (Phi) is 6.98. The van der Waals surface area contributed by atoms with Gasteiger partial charge in [-0.2, -0.15) is 0 Å². The number of hydrogen-bond donors (Lipinski definition) is 1. The molecular weight excluding hydrogens is 384 g/mol. The van der Waals surface area contributed by atoms with Gasteiger partial charge in [0.05, 0.1) is 5.69 Å². The Labute approximate surface area is 184 Å². The van der Waals surface area contributed by atoms with Gasteiger partial charge >= 0.3 is 0 Å². The van der Waals surface area contributed by atoms with E-state index in [1.54, 1.807) is 6.07 Å². The van der Waals surface area contributed by atoms with Crippen molar-refractivity contribution in [3.63, 3.8) is 0 Å². The second kappa shape index (κ2) is 10.1. The molecule has 31 heavy (non-hydrogen) atoms. The number of rotatable bonds is 9. The highest BCUT2D eigenvalue weighted by molar-refractivity contribution is 6.09. The Hall–Kier alpha value is -2.72. The number of aromatic nitrogens is 1. The number of aryl methyl sites for hydroxylation is 2. The second-order valence-corrected chi connectivity index (χ2v) is 8.66. The van der Waals surface area contributed by atoms with Gasteiger partial charge in [0.25, 0.3) is 0 Å². The summed E-state index contributed by atoms with van der Waals surface area (Å²) in [6, 6.07) is 14.4. The summed E-state index contributed by atoms with van der Waals surface area (Å²) in [5.41, 5.74) is 5.18. The SMILES string of the molecule is CCc1cc2cc(C=O)ccn2c1C(=O)c1ccc(CCCNC2CCCCC2)cc1. The highest BCUT2D eigenvalue weighted by Crippen LogP contribution is 2.22. The van der Waals surface area contributed by atoms with Gasteiger partial charge in [-0.1, -0.05) is 50.5 Å². The van der Waals surface area contributed by atoms with Crippen molar-refractivity contribution in [2.45, 2.75) is 64.3 Å². The Morgan fingerprint density at radius 3 is 2.58 bits per heavy atom. The number of fused-ring (bicyclic) bond motifs is 1. The third kappa shape index (κ3) is 4.96. The number of aldehydes is 1. The van der Waals surface area contributed by atoms with Gasteiger partial charge in [0.15, 0.2) is 0 Å². The molecule has 4 rings (SSSR count). The van der Waals surface area contributed by atoms with Crippen molar-refractivity contribution in [3.05, 3.63) is 76.6 Å². The molecule has 1 N–H and O–H groups in total. The number of hydrogen-bond acceptors (Lipinski definition) is 3. The number of nitrogens with one attached hydrogen (secondary N) is 1. The van der Waals surface area contributed by atoms with Crippen LogP contribution in [0.1, 0.15) is 83.0 Å². The van der Waals surface area contributed by atoms with Crippen molar-refractivity contribution in [1.82, 2.24) is 9.72 Å². The van der Waals surface area contributed by atoms with E-state index in [-0.39, 0.29) is 5.78 Å². The van der Waals surface area contributed by atoms with Gasteiger partial charge in [-0.05, 0) is 68.0 Å². The fourth-order valence-electron chi connectivity index (χ4n) is 4.71. The number of benzene rings is 1. The maximum atomic E-state index is 13.3. The van der Waals surface area contributed by atoms with Gasteiger partial charge in [0.2, 0.25) is 5.78 Å². The predicted molar refractivity (Wildman–Crippen MR) is 125 cm³/mol. The maximum Gasteiger partial charge on any atom is 0.210 e. The van der Waals surface area contributed by atoms with E-state index in [2.05, 4.69) is 24.4 Å². The van der Waals surface area contributed by atoms with Crippen LogP contribution in [-0.4, -0.2) is 29.1 Å². The maximum absolute atomic E-state index is 13.3. The van der Waals surface area contributed by atoms with Crippen LogP contribution in [0, 0.1) is 0 Å². The van der Waals surface area contributed by atoms with Crippen LogP contribution in [0.2, 0.25) is 0 Å². The minimum Gasteiger partial charge on any atom is -0.314 e. The molecule has 0 unspecified atom stereocenters. The zero-order chi connectivity index (χ0) is 21.6. The Bertz CT molecular complexity index is 1040. The molecule has 2 aromatic heterocycles. The van der Waals surface area contributed by atoms with Crippen LogP contribution in [0.15, 0.2) is 48.7 Å². The molecular formula is C27H32N2O2. The van der Waals surface area contributed by atoms with Gasteiger partial charge in [-0.25, -0.2) is 0 Å². The van der Waals surface area contributed by atoms with Crippen LogP contribution >= 0.6 is 0 Å². The third-order valence-electron chi connectivity index (χ3n) is 6.50. The van der Waals surface area contributed by atoms with Crippen LogP contribution in [0.25, 0.3) is 5.52 Å². The van der Waals surface area contributed by atoms with E-state index in [1.165, 1.54) is 37.7 Å². The van der Waals surface area contributed by atoms with Crippen LogP contribution in [-0.2, 0) is 12.8 Å². The number of carbonyl (C=O) groups excluding carboxylic acids is 2. The quantitative estimate of drug-likeness (QED) is 0.289. The van der Waals surface area contributed by atoms with Crippen LogP contribution in [0.4, 0.5) is 0 Å². The smallest absolute Gasteiger partial charge is 0.210 e. The van der Waals surface area contributed by atoms with E-state index >= 15 is 0 Å². The summed E-state index contributed by atoms with van der Waals surface area (Å²) in [4.78, 5) is 24.4. The summed E-state index contributed by atoms with van der Waals surface area (Å²) in [6.07, 6.45) is 12.3. The number of nitrogens with zero attached hydrogens (tertiary/aromatic N) is 1. The van der Waals surface area contributed by atoms with Gasteiger partial charge in [-0.3, -0.25) is 9.59 Å². The Balaban J connectivity index is 1.41. The Morgan fingerprint density at radius 1 is 1.10 bits per heavy atom. The normalized spacial score (nSPS) is 14.7. The molecule has 1 aliphatic rings. The average molecular weight is 417 g/mol. The minimum atomic E-state index is 0.0289. The highest BCUT2D eigenvalue weighted by Gasteiger charge is 2.18. The molecule has 162 valence electrons. The van der Waals surface area contributed by atoms with E-state index in [9.17, 15) is 9.59 Å². The predicted octanol–water partition coefficient (Wildman–Crippen LogP) is 5.40. The van der Waals surface area contributed by atoms with E-state index < -0.39 is 0 Å². The number of carbonyl (C=O) groups is 2. The molecule has 1 fully saturated rings. The molecule has 0 radical (unpaired) electrons. The zero-order valence-corrected chi connectivity index (χ0v) is 18.4. The van der Waals surface area contributed by atoms with Crippen molar-refractivity contribution in [2.75, 3.05) is 6.54 Å². The zero-order valence-electron chi connectivity index (χ0n) is 18.4. The average Bonchev–Trinajstić information content (AvgIpc) is 3.20. The molecule has 3 aromatic rings. The minimum absolute atomic E-state index is 0.0289. The largest absolute Gasteiger partial charge is 0.314 e. The van der Waals surface area contributed by atoms with Gasteiger partial charge in [0.1, 0.15) is 6.29 Å². The van der Waals surface area contributed by atoms with Crippen molar-refractivity contribution < 1.29 is 9.59 Å². The van der Waals surface area contributed by atoms with Crippen molar-refractivity contribution >= 4 is 17.6 Å². The van der Waals surface area contributed by atoms with E-state index in [0.717, 1.165) is 43.2 Å². The summed E-state index contributed by atoms with van der Waals surface area (Å²) >= 11 is 0. The lowest BCUT2D eigenvalue weighted by Gasteiger charge is -2.22. The molecule has 0 atom stereocenters. The lowest BCUT2D eigenvalue weighted by atomic mass is 9.95. The summed E-state index contributed by atoms with van der Waals surface area (Å²) in [5.74, 6) is 0.0289. The topological polar surface area (TPSA) is 50.6 Å². The van der Waals surface area contributed by atoms with E-state index in [4.69, 9.17) is 0 Å². The van der Waals surface area contributed by atoms with Crippen molar-refractivity contribution in [2.24, 2.45) is 0 Å². The summed E-state index contributed by atoms with van der Waals surface area (Å²) in [7, 11) is 0. The van der Waals surface area contributed by atoms with Gasteiger partial charge in [-0.15, -0.1) is 0 Å². The molecule has 0 saturated heterocycles. The second-order valence-electron chi connectivity index (χ2n) is 8.66. The molecule has 1 saturated carbocycles. The standard InChI is InChI=1S/C27H32N2O2/c1-2-22-18-25-17-21(19-30)14-16-29(25)26(22)27(31)23-12-10-20(11-13-23)7-6-15-28-24-8-4-3-5-9-24/h10-14,16-19,24,28H,2-9,15H2,1H3. The summed E-state index contributed by atoms with van der Waals surface area (Å²) in [5, 5.41) is 3.70. The summed E-state index contributed by atoms with van der Waals surface area (Å²) in [6.45, 7) is 3.11. The van der Waals surface area contributed by atoms with Crippen molar-refractivity contribution in [1.29, 1.82) is 0 Å². The first-order valence-electron chi connectivity index (χ1n) is 11.7. The van der Waals surface area contributed by atoms with Crippen molar-refractivity contribution in [3.8, 4) is 0 Å². The Morgan fingerprint density at radius 2 is 1.87 bits per heavy atom. The first-order valence-corrected chi connectivity index (χ1v) is 11.7. The van der Waals surface area contributed by atoms with E-state index in [1.807, 2.05) is 34.9 Å². The molecule has 0 bridgehead atoms. The van der Waals surface area contributed by atoms with Crippen LogP contribution in [0.5, 0.6) is 0 Å². The lowest BCUT2D eigenvalue weighted by Crippen LogP contribution is -2.31. The monoisotopic (exact) mass is 416 g/mol. The molecule has 1 aromatic carbocycles. The molecule has 0 spiro atoms. The molecule has 4 nitrogen and oxygen atoms in total. The van der Waals surface area contributed by atoms with Crippen LogP contribution in [0.3, 0.4) is 0 Å². The highest BCUT2D eigenvalue weighted by atomic mass is 16.1. The lowest BCUT2D eigenvalue weighted by molar-refractivity contribution is 0.103. The molecule has 0 amide bonds. The fourth-order valence-corrected chi connectivity index (χ4v) is 4.71. The first kappa shape index (κ1) is 21.5. The molecule has 0 aliphatic heterocycles. The number of pyridine rings is 1. The summed E-state index contributed by atoms with van der Waals surface area (Å²) < 4.78 is 1.90. The number of ketones is 1. The molecule has 4 heteroatoms. The van der Waals surface area contributed by atoms with Gasteiger partial charge < -0.3 is 9.72 Å². The molecule has 2 heterocycles.